The van der Waals surface area contributed by atoms with Crippen LogP contribution < -0.4 is 5.32 Å². The summed E-state index contributed by atoms with van der Waals surface area (Å²) in [5, 5.41) is 58.9. The quantitative estimate of drug-likeness (QED) is 0.128. The first-order valence-corrected chi connectivity index (χ1v) is 21.0. The van der Waals surface area contributed by atoms with Crippen LogP contribution in [0.5, 0.6) is 0 Å². The maximum absolute atomic E-state index is 13.4. The molecule has 14 nitrogen and oxygen atoms in total. The third kappa shape index (κ3) is 8.94. The van der Waals surface area contributed by atoms with E-state index in [1.165, 1.54) is 10.9 Å². The summed E-state index contributed by atoms with van der Waals surface area (Å²) >= 11 is 0. The lowest BCUT2D eigenvalue weighted by Crippen LogP contribution is -2.65. The van der Waals surface area contributed by atoms with E-state index in [2.05, 4.69) is 72.8 Å². The molecule has 6 N–H and O–H groups in total. The molecule has 10 rings (SSSR count). The van der Waals surface area contributed by atoms with Crippen LogP contribution in [0.2, 0.25) is 0 Å². The first-order valence-electron chi connectivity index (χ1n) is 21.0. The van der Waals surface area contributed by atoms with E-state index in [9.17, 15) is 30.3 Å². The van der Waals surface area contributed by atoms with Crippen molar-refractivity contribution in [1.82, 2.24) is 5.32 Å². The number of nitrogens with one attached hydrogen (secondary N) is 1. The zero-order chi connectivity index (χ0) is 41.8. The van der Waals surface area contributed by atoms with E-state index in [4.69, 9.17) is 28.4 Å². The van der Waals surface area contributed by atoms with Gasteiger partial charge in [0.05, 0.1) is 38.3 Å². The zero-order valence-electron chi connectivity index (χ0n) is 34.3. The van der Waals surface area contributed by atoms with E-state index in [0.29, 0.717) is 32.4 Å². The minimum absolute atomic E-state index is 0.0921. The monoisotopic (exact) mass is 821 g/mol. The van der Waals surface area contributed by atoms with Gasteiger partial charge >= 0.3 is 0 Å². The molecule has 1 amide bonds. The SMILES string of the molecule is C=C1CCCC(/C=C/C2=[N+](CCC(=O)NCCCO[C@H]3C4O[C@H]5[C@H](O)[C@@H](O)[C@@H](CCCO[C@@H]([C@@H]3O)[C@@H](CO)O4)O[C@@H]5CO)c3ccc4ccccc4c3C2(C)C)=C1OC. The molecule has 0 radical (unpaired) electrons. The van der Waals surface area contributed by atoms with E-state index in [0.717, 1.165) is 53.0 Å². The number of aliphatic hydroxyl groups is 5. The Hall–Kier alpha value is -3.54. The van der Waals surface area contributed by atoms with Gasteiger partial charge in [-0.3, -0.25) is 4.79 Å². The molecule has 1 unspecified atom stereocenters. The number of carbonyl (C=O) groups is 1. The number of aliphatic hydroxyl groups excluding tert-OH is 5. The zero-order valence-corrected chi connectivity index (χ0v) is 34.3. The molecule has 1 aliphatic carbocycles. The second-order valence-electron chi connectivity index (χ2n) is 16.7. The smallest absolute Gasteiger partial charge is 0.226 e. The lowest BCUT2D eigenvalue weighted by Gasteiger charge is -2.47. The van der Waals surface area contributed by atoms with Crippen molar-refractivity contribution >= 4 is 28.1 Å². The van der Waals surface area contributed by atoms with E-state index in [1.807, 2.05) is 6.07 Å². The average Bonchev–Trinajstić information content (AvgIpc) is 3.47. The van der Waals surface area contributed by atoms with Crippen molar-refractivity contribution in [1.29, 1.82) is 0 Å². The molecule has 7 heterocycles. The van der Waals surface area contributed by atoms with E-state index >= 15 is 0 Å². The van der Waals surface area contributed by atoms with Crippen LogP contribution in [0.4, 0.5) is 5.69 Å². The molecule has 8 aliphatic rings. The van der Waals surface area contributed by atoms with E-state index in [1.54, 1.807) is 7.11 Å². The first kappa shape index (κ1) is 43.5. The summed E-state index contributed by atoms with van der Waals surface area (Å²) in [6.07, 6.45) is -2.76. The fourth-order valence-electron chi connectivity index (χ4n) is 9.42. The summed E-state index contributed by atoms with van der Waals surface area (Å²) in [6.45, 7) is 8.71. The molecule has 2 aromatic rings. The van der Waals surface area contributed by atoms with Gasteiger partial charge in [-0.05, 0) is 86.4 Å². The third-order valence-corrected chi connectivity index (χ3v) is 12.4. The average molecular weight is 822 g/mol. The molecule has 4 bridgehead atoms. The number of benzene rings is 2. The van der Waals surface area contributed by atoms with Gasteiger partial charge < -0.3 is 59.3 Å². The summed E-state index contributed by atoms with van der Waals surface area (Å²) in [6, 6.07) is 12.7. The Morgan fingerprint density at radius 1 is 0.966 bits per heavy atom. The fourth-order valence-corrected chi connectivity index (χ4v) is 9.42. The lowest BCUT2D eigenvalue weighted by molar-refractivity contribution is -0.436. The summed E-state index contributed by atoms with van der Waals surface area (Å²) in [5.74, 6) is 0.724. The molecule has 6 fully saturated rings. The normalized spacial score (nSPS) is 32.3. The molecule has 0 spiro atoms. The molecule has 10 atom stereocenters. The molecule has 2 aromatic carbocycles. The highest BCUT2D eigenvalue weighted by Crippen LogP contribution is 2.45. The lowest BCUT2D eigenvalue weighted by atomic mass is 9.78. The Morgan fingerprint density at radius 2 is 1.75 bits per heavy atom. The molecule has 59 heavy (non-hydrogen) atoms. The van der Waals surface area contributed by atoms with Crippen molar-refractivity contribution in [3.63, 3.8) is 0 Å². The Kier molecular flexibility index (Phi) is 14.0. The number of hydrogen-bond donors (Lipinski definition) is 6. The standard InChI is InChI=1S/C45H60N2O12/c1-26-10-7-12-28(40(26)54-4)16-18-34-45(2,3)36-29-13-6-5-11-27(29)15-17-30(36)47(34)21-19-35(50)46-20-9-23-56-43-39(53)41-32(24-48)58-44(43)59-42-33(25-49)57-31(14-8-22-55-41)37(51)38(42)52/h5-6,11,13,15-18,31-33,37-39,41-44,48-49,51-53H,1,7-10,12,14,19-25H2,2-4H3/p+1/b18-16+/t31-,32-,33-,37+,38-,39+,41-,42-,43-,44?/m1/s1. The van der Waals surface area contributed by atoms with E-state index in [-0.39, 0.29) is 31.0 Å². The third-order valence-electron chi connectivity index (χ3n) is 12.4. The van der Waals surface area contributed by atoms with Crippen molar-refractivity contribution in [2.75, 3.05) is 46.6 Å². The summed E-state index contributed by atoms with van der Waals surface area (Å²) in [5.41, 5.74) is 5.16. The summed E-state index contributed by atoms with van der Waals surface area (Å²) in [4.78, 5) is 13.4. The van der Waals surface area contributed by atoms with Gasteiger partial charge in [0.15, 0.2) is 18.5 Å². The minimum atomic E-state index is -1.42. The number of rotatable bonds is 13. The van der Waals surface area contributed by atoms with Crippen LogP contribution in [0, 0.1) is 0 Å². The molecule has 322 valence electrons. The highest BCUT2D eigenvalue weighted by molar-refractivity contribution is 6.07. The number of methoxy groups -OCH3 is 1. The Balaban J connectivity index is 1.02. The highest BCUT2D eigenvalue weighted by Gasteiger charge is 2.52. The second-order valence-corrected chi connectivity index (χ2v) is 16.7. The number of amides is 1. The van der Waals surface area contributed by atoms with Gasteiger partial charge in [0.1, 0.15) is 54.6 Å². The molecule has 0 aromatic heterocycles. The van der Waals surface area contributed by atoms with Crippen molar-refractivity contribution in [3.05, 3.63) is 77.6 Å². The van der Waals surface area contributed by atoms with Gasteiger partial charge in [0.2, 0.25) is 11.6 Å². The molecule has 14 heteroatoms. The predicted molar refractivity (Wildman–Crippen MR) is 218 cm³/mol. The molecule has 6 saturated heterocycles. The molecular formula is C45H61N2O12+. The summed E-state index contributed by atoms with van der Waals surface area (Å²) < 4.78 is 38.1. The highest BCUT2D eigenvalue weighted by atomic mass is 16.7. The van der Waals surface area contributed by atoms with E-state index < -0.39 is 74.4 Å². The Bertz CT molecular complexity index is 1920. The maximum Gasteiger partial charge on any atom is 0.226 e. The van der Waals surface area contributed by atoms with Crippen molar-refractivity contribution in [2.45, 2.75) is 125 Å². The van der Waals surface area contributed by atoms with Gasteiger partial charge in [0.25, 0.3) is 0 Å². The second kappa shape index (κ2) is 19.0. The number of ether oxygens (including phenoxy) is 6. The molecule has 0 saturated carbocycles. The van der Waals surface area contributed by atoms with Crippen LogP contribution in [0.1, 0.15) is 64.4 Å². The Labute approximate surface area is 345 Å². The van der Waals surface area contributed by atoms with Crippen LogP contribution in [0.25, 0.3) is 10.8 Å². The fraction of sp³-hybridized carbons (Fsp3) is 0.600. The number of carbonyl (C=O) groups excluding carboxylic acids is 1. The van der Waals surface area contributed by atoms with Gasteiger partial charge in [0, 0.05) is 37.5 Å². The van der Waals surface area contributed by atoms with Crippen LogP contribution in [-0.4, -0.2) is 150 Å². The Morgan fingerprint density at radius 3 is 2.53 bits per heavy atom. The number of fused-ring (bicyclic) bond motifs is 3. The predicted octanol–water partition coefficient (Wildman–Crippen LogP) is 2.82. The number of hydrogen-bond acceptors (Lipinski definition) is 12. The van der Waals surface area contributed by atoms with Gasteiger partial charge in [-0.25, -0.2) is 0 Å². The minimum Gasteiger partial charge on any atom is -0.496 e. The van der Waals surface area contributed by atoms with Gasteiger partial charge in [-0.2, -0.15) is 4.58 Å². The van der Waals surface area contributed by atoms with Crippen LogP contribution in [0.15, 0.2) is 72.0 Å². The number of nitrogens with zero attached hydrogens (tertiary/aromatic N) is 1. The van der Waals surface area contributed by atoms with Crippen LogP contribution in [0.3, 0.4) is 0 Å². The van der Waals surface area contributed by atoms with Crippen LogP contribution >= 0.6 is 0 Å². The largest absolute Gasteiger partial charge is 0.496 e. The topological polar surface area (TPSA) is 189 Å². The summed E-state index contributed by atoms with van der Waals surface area (Å²) in [7, 11) is 1.69. The molecular weight excluding hydrogens is 760 g/mol. The van der Waals surface area contributed by atoms with Gasteiger partial charge in [-0.1, -0.05) is 30.8 Å². The number of allylic oxidation sites excluding steroid dienone is 4. The maximum atomic E-state index is 13.4. The van der Waals surface area contributed by atoms with Gasteiger partial charge in [-0.15, -0.1) is 0 Å². The van der Waals surface area contributed by atoms with Crippen LogP contribution in [-0.2, 0) is 38.6 Å². The van der Waals surface area contributed by atoms with Crippen molar-refractivity contribution in [2.24, 2.45) is 0 Å². The molecule has 7 aliphatic heterocycles. The van der Waals surface area contributed by atoms with Crippen molar-refractivity contribution < 1.29 is 63.3 Å². The first-order chi connectivity index (χ1) is 28.5. The van der Waals surface area contributed by atoms with Crippen molar-refractivity contribution in [3.8, 4) is 0 Å².